The largest absolute Gasteiger partial charge is 0.281 e. The molecule has 0 atom stereocenters. The van der Waals surface area contributed by atoms with Gasteiger partial charge in [-0.15, -0.1) is 10.2 Å². The minimum Gasteiger partial charge on any atom is -0.281 e. The average molecular weight is 279 g/mol. The van der Waals surface area contributed by atoms with Gasteiger partial charge >= 0.3 is 0 Å². The number of non-ortho nitro benzene ring substituents is 1. The van der Waals surface area contributed by atoms with E-state index in [1.165, 1.54) is 12.1 Å². The molecule has 2 aromatic heterocycles. The molecule has 0 saturated heterocycles. The summed E-state index contributed by atoms with van der Waals surface area (Å²) >= 11 is 0. The highest BCUT2D eigenvalue weighted by atomic mass is 16.6. The Morgan fingerprint density at radius 1 is 1.29 bits per heavy atom. The second-order valence-corrected chi connectivity index (χ2v) is 4.54. The Hall–Kier alpha value is -3.27. The SMILES string of the molecule is Cc1ccc([N+](=O)[O-])cc1-c1nnc2ccc(C#N)cn12. The van der Waals surface area contributed by atoms with Crippen LogP contribution in [0.5, 0.6) is 0 Å². The van der Waals surface area contributed by atoms with Gasteiger partial charge < -0.3 is 0 Å². The van der Waals surface area contributed by atoms with E-state index in [0.29, 0.717) is 22.6 Å². The zero-order valence-electron chi connectivity index (χ0n) is 11.0. The van der Waals surface area contributed by atoms with Gasteiger partial charge in [0.2, 0.25) is 0 Å². The van der Waals surface area contributed by atoms with E-state index in [1.807, 2.05) is 13.0 Å². The maximum absolute atomic E-state index is 10.9. The lowest BCUT2D eigenvalue weighted by molar-refractivity contribution is -0.384. The molecule has 7 heteroatoms. The highest BCUT2D eigenvalue weighted by Gasteiger charge is 2.15. The maximum Gasteiger partial charge on any atom is 0.270 e. The number of benzene rings is 1. The summed E-state index contributed by atoms with van der Waals surface area (Å²) < 4.78 is 1.66. The average Bonchev–Trinajstić information content (AvgIpc) is 2.90. The summed E-state index contributed by atoms with van der Waals surface area (Å²) in [4.78, 5) is 10.5. The Labute approximate surface area is 119 Å². The van der Waals surface area contributed by atoms with Gasteiger partial charge in [-0.25, -0.2) is 0 Å². The van der Waals surface area contributed by atoms with Crippen molar-refractivity contribution in [1.29, 1.82) is 5.26 Å². The second kappa shape index (κ2) is 4.68. The first-order valence-electron chi connectivity index (χ1n) is 6.10. The van der Waals surface area contributed by atoms with Crippen LogP contribution in [0.1, 0.15) is 11.1 Å². The lowest BCUT2D eigenvalue weighted by Gasteiger charge is -2.04. The van der Waals surface area contributed by atoms with Gasteiger partial charge in [-0.3, -0.25) is 14.5 Å². The van der Waals surface area contributed by atoms with E-state index in [9.17, 15) is 10.1 Å². The number of hydrogen-bond acceptors (Lipinski definition) is 5. The molecule has 0 amide bonds. The lowest BCUT2D eigenvalue weighted by Crippen LogP contribution is -1.95. The van der Waals surface area contributed by atoms with E-state index in [4.69, 9.17) is 5.26 Å². The first-order chi connectivity index (χ1) is 10.1. The molecule has 2 heterocycles. The molecule has 0 radical (unpaired) electrons. The molecule has 1 aromatic carbocycles. The van der Waals surface area contributed by atoms with Crippen LogP contribution in [0.15, 0.2) is 36.5 Å². The fourth-order valence-corrected chi connectivity index (χ4v) is 2.11. The number of aryl methyl sites for hydroxylation is 1. The highest BCUT2D eigenvalue weighted by Crippen LogP contribution is 2.26. The van der Waals surface area contributed by atoms with Gasteiger partial charge in [0, 0.05) is 23.9 Å². The van der Waals surface area contributed by atoms with Crippen LogP contribution in [-0.4, -0.2) is 19.5 Å². The van der Waals surface area contributed by atoms with Crippen molar-refractivity contribution in [3.05, 3.63) is 57.8 Å². The van der Waals surface area contributed by atoms with E-state index < -0.39 is 4.92 Å². The van der Waals surface area contributed by atoms with Crippen molar-refractivity contribution in [2.75, 3.05) is 0 Å². The van der Waals surface area contributed by atoms with Crippen LogP contribution in [0.4, 0.5) is 5.69 Å². The Bertz CT molecular complexity index is 907. The van der Waals surface area contributed by atoms with Crippen LogP contribution < -0.4 is 0 Å². The van der Waals surface area contributed by atoms with Crippen LogP contribution in [0, 0.1) is 28.4 Å². The Morgan fingerprint density at radius 3 is 2.81 bits per heavy atom. The molecule has 0 bridgehead atoms. The number of rotatable bonds is 2. The molecular weight excluding hydrogens is 270 g/mol. The summed E-state index contributed by atoms with van der Waals surface area (Å²) in [5, 5.41) is 28.0. The Kier molecular flexibility index (Phi) is 2.84. The van der Waals surface area contributed by atoms with Gasteiger partial charge in [0.1, 0.15) is 6.07 Å². The first-order valence-corrected chi connectivity index (χ1v) is 6.10. The molecule has 0 N–H and O–H groups in total. The number of nitriles is 1. The van der Waals surface area contributed by atoms with Crippen LogP contribution in [-0.2, 0) is 0 Å². The number of nitro benzene ring substituents is 1. The van der Waals surface area contributed by atoms with Crippen molar-refractivity contribution in [2.45, 2.75) is 6.92 Å². The summed E-state index contributed by atoms with van der Waals surface area (Å²) in [6, 6.07) is 9.96. The zero-order valence-corrected chi connectivity index (χ0v) is 11.0. The van der Waals surface area contributed by atoms with E-state index in [-0.39, 0.29) is 5.69 Å². The number of nitrogens with zero attached hydrogens (tertiary/aromatic N) is 5. The molecule has 21 heavy (non-hydrogen) atoms. The van der Waals surface area contributed by atoms with Crippen molar-refractivity contribution >= 4 is 11.3 Å². The topological polar surface area (TPSA) is 97.1 Å². The maximum atomic E-state index is 10.9. The number of aromatic nitrogens is 3. The molecular formula is C14H9N5O2. The summed E-state index contributed by atoms with van der Waals surface area (Å²) in [5.41, 5.74) is 2.49. The first kappa shape index (κ1) is 12.7. The van der Waals surface area contributed by atoms with Gasteiger partial charge in [-0.2, -0.15) is 5.26 Å². The fourth-order valence-electron chi connectivity index (χ4n) is 2.11. The summed E-state index contributed by atoms with van der Waals surface area (Å²) in [6.07, 6.45) is 1.61. The number of hydrogen-bond donors (Lipinski definition) is 0. The summed E-state index contributed by atoms with van der Waals surface area (Å²) in [7, 11) is 0. The van der Waals surface area contributed by atoms with Gasteiger partial charge in [-0.1, -0.05) is 6.07 Å². The summed E-state index contributed by atoms with van der Waals surface area (Å²) in [5.74, 6) is 0.475. The molecule has 0 spiro atoms. The van der Waals surface area contributed by atoms with Crippen molar-refractivity contribution < 1.29 is 4.92 Å². The van der Waals surface area contributed by atoms with Crippen molar-refractivity contribution in [1.82, 2.24) is 14.6 Å². The monoisotopic (exact) mass is 279 g/mol. The molecule has 0 saturated carbocycles. The van der Waals surface area contributed by atoms with Gasteiger partial charge in [0.15, 0.2) is 11.5 Å². The third kappa shape index (κ3) is 2.08. The van der Waals surface area contributed by atoms with Crippen molar-refractivity contribution in [3.63, 3.8) is 0 Å². The molecule has 7 nitrogen and oxygen atoms in total. The smallest absolute Gasteiger partial charge is 0.270 e. The Morgan fingerprint density at radius 2 is 2.10 bits per heavy atom. The lowest BCUT2D eigenvalue weighted by atomic mass is 10.1. The second-order valence-electron chi connectivity index (χ2n) is 4.54. The Balaban J connectivity index is 2.27. The molecule has 0 aliphatic carbocycles. The molecule has 0 fully saturated rings. The number of fused-ring (bicyclic) bond motifs is 1. The predicted molar refractivity (Wildman–Crippen MR) is 74.5 cm³/mol. The van der Waals surface area contributed by atoms with Gasteiger partial charge in [0.25, 0.3) is 5.69 Å². The predicted octanol–water partition coefficient (Wildman–Crippen LogP) is 2.48. The van der Waals surface area contributed by atoms with Gasteiger partial charge in [-0.05, 0) is 24.6 Å². The molecule has 0 aliphatic rings. The molecule has 102 valence electrons. The van der Waals surface area contributed by atoms with E-state index in [0.717, 1.165) is 5.56 Å². The quantitative estimate of drug-likeness (QED) is 0.530. The number of pyridine rings is 1. The fraction of sp³-hybridized carbons (Fsp3) is 0.0714. The molecule has 0 aliphatic heterocycles. The van der Waals surface area contributed by atoms with E-state index in [1.54, 1.807) is 28.8 Å². The van der Waals surface area contributed by atoms with E-state index >= 15 is 0 Å². The van der Waals surface area contributed by atoms with Crippen molar-refractivity contribution in [3.8, 4) is 17.5 Å². The standard InChI is InChI=1S/C14H9N5O2/c1-9-2-4-11(19(20)21)6-12(9)14-17-16-13-5-3-10(7-15)8-18(13)14/h2-6,8H,1H3. The van der Waals surface area contributed by atoms with Gasteiger partial charge in [0.05, 0.1) is 10.5 Å². The third-order valence-electron chi connectivity index (χ3n) is 3.20. The van der Waals surface area contributed by atoms with Crippen LogP contribution >= 0.6 is 0 Å². The minimum absolute atomic E-state index is 0.0104. The summed E-state index contributed by atoms with van der Waals surface area (Å²) in [6.45, 7) is 1.84. The van der Waals surface area contributed by atoms with E-state index in [2.05, 4.69) is 10.2 Å². The third-order valence-corrected chi connectivity index (χ3v) is 3.20. The van der Waals surface area contributed by atoms with Crippen LogP contribution in [0.2, 0.25) is 0 Å². The molecule has 0 unspecified atom stereocenters. The highest BCUT2D eigenvalue weighted by molar-refractivity contribution is 5.66. The molecule has 3 rings (SSSR count). The molecule has 3 aromatic rings. The zero-order chi connectivity index (χ0) is 15.0. The van der Waals surface area contributed by atoms with Crippen LogP contribution in [0.3, 0.4) is 0 Å². The number of nitro groups is 1. The van der Waals surface area contributed by atoms with Crippen LogP contribution in [0.25, 0.3) is 17.0 Å². The minimum atomic E-state index is -0.452. The van der Waals surface area contributed by atoms with Crippen molar-refractivity contribution in [2.24, 2.45) is 0 Å². The normalized spacial score (nSPS) is 10.5.